The standard InChI is InChI=1S/C29H31F3N4O4.ClH/c30-29(31,32)20-8-4-7-19(14-20)28(9-10-28)34-17-25(37)22(13-18-5-2-1-3-6-18)35-26(38)23-15-21(27(39)40)24-16-33-11-12-36(23)24;/h1-8,14-15,22,25,33-34,37H,9-13,16-17H2,(H,35,38)(H,39,40);1H/t22-,25-;/m0./s1. The molecule has 5 N–H and O–H groups in total. The van der Waals surface area contributed by atoms with E-state index in [1.54, 1.807) is 10.6 Å². The van der Waals surface area contributed by atoms with Gasteiger partial charge in [-0.05, 0) is 48.6 Å². The molecule has 5 rings (SSSR count). The largest absolute Gasteiger partial charge is 0.478 e. The normalized spacial score (nSPS) is 17.1. The fraction of sp³-hybridized carbons (Fsp3) is 0.379. The summed E-state index contributed by atoms with van der Waals surface area (Å²) in [6.07, 6.45) is -3.99. The van der Waals surface area contributed by atoms with Gasteiger partial charge in [-0.25, -0.2) is 4.79 Å². The van der Waals surface area contributed by atoms with Crippen molar-refractivity contribution in [1.29, 1.82) is 0 Å². The van der Waals surface area contributed by atoms with Crippen molar-refractivity contribution in [2.75, 3.05) is 13.1 Å². The summed E-state index contributed by atoms with van der Waals surface area (Å²) in [6, 6.07) is 15.1. The van der Waals surface area contributed by atoms with Crippen molar-refractivity contribution >= 4 is 24.3 Å². The molecular weight excluding hydrogens is 561 g/mol. The minimum absolute atomic E-state index is 0. The fourth-order valence-electron chi connectivity index (χ4n) is 5.33. The highest BCUT2D eigenvalue weighted by molar-refractivity contribution is 5.98. The van der Waals surface area contributed by atoms with Crippen LogP contribution in [0.1, 0.15) is 56.1 Å². The summed E-state index contributed by atoms with van der Waals surface area (Å²) in [5, 5.41) is 30.1. The van der Waals surface area contributed by atoms with Gasteiger partial charge in [0.25, 0.3) is 5.91 Å². The number of benzene rings is 2. The third-order valence-electron chi connectivity index (χ3n) is 7.70. The minimum atomic E-state index is -4.45. The smallest absolute Gasteiger partial charge is 0.416 e. The molecule has 1 amide bonds. The van der Waals surface area contributed by atoms with E-state index in [0.717, 1.165) is 17.7 Å². The number of aliphatic hydroxyl groups excluding tert-OH is 1. The predicted molar refractivity (Wildman–Crippen MR) is 148 cm³/mol. The molecule has 0 spiro atoms. The van der Waals surface area contributed by atoms with Crippen LogP contribution in [0.15, 0.2) is 60.7 Å². The minimum Gasteiger partial charge on any atom is -0.478 e. The van der Waals surface area contributed by atoms with Gasteiger partial charge in [0.2, 0.25) is 0 Å². The van der Waals surface area contributed by atoms with Crippen LogP contribution in [0.25, 0.3) is 0 Å². The molecule has 3 aromatic rings. The Hall–Kier alpha value is -3.38. The molecule has 0 radical (unpaired) electrons. The number of alkyl halides is 3. The first-order chi connectivity index (χ1) is 19.1. The van der Waals surface area contributed by atoms with Crippen molar-refractivity contribution in [3.63, 3.8) is 0 Å². The van der Waals surface area contributed by atoms with Crippen LogP contribution < -0.4 is 16.0 Å². The molecule has 12 heteroatoms. The molecule has 1 aliphatic carbocycles. The number of nitrogens with one attached hydrogen (secondary N) is 3. The van der Waals surface area contributed by atoms with E-state index in [2.05, 4.69) is 16.0 Å². The van der Waals surface area contributed by atoms with E-state index in [-0.39, 0.29) is 30.2 Å². The summed E-state index contributed by atoms with van der Waals surface area (Å²) in [7, 11) is 0. The highest BCUT2D eigenvalue weighted by Gasteiger charge is 2.45. The van der Waals surface area contributed by atoms with Crippen molar-refractivity contribution in [3.05, 3.63) is 94.3 Å². The van der Waals surface area contributed by atoms with E-state index >= 15 is 0 Å². The first kappa shape index (κ1) is 30.6. The second-order valence-corrected chi connectivity index (χ2v) is 10.4. The average molecular weight is 593 g/mol. The van der Waals surface area contributed by atoms with E-state index < -0.39 is 41.3 Å². The molecule has 0 saturated heterocycles. The van der Waals surface area contributed by atoms with E-state index in [1.807, 2.05) is 30.3 Å². The van der Waals surface area contributed by atoms with Crippen molar-refractivity contribution < 1.29 is 33.0 Å². The molecule has 1 fully saturated rings. The molecule has 0 unspecified atom stereocenters. The number of carbonyl (C=O) groups is 2. The van der Waals surface area contributed by atoms with E-state index in [0.29, 0.717) is 50.2 Å². The van der Waals surface area contributed by atoms with E-state index in [1.165, 1.54) is 12.1 Å². The van der Waals surface area contributed by atoms with Gasteiger partial charge < -0.3 is 30.7 Å². The van der Waals surface area contributed by atoms with Gasteiger partial charge in [0, 0.05) is 37.4 Å². The van der Waals surface area contributed by atoms with Gasteiger partial charge in [-0.1, -0.05) is 42.5 Å². The van der Waals surface area contributed by atoms with Gasteiger partial charge in [-0.15, -0.1) is 12.4 Å². The van der Waals surface area contributed by atoms with Crippen molar-refractivity contribution in [2.45, 2.75) is 56.2 Å². The Morgan fingerprint density at radius 3 is 2.46 bits per heavy atom. The topological polar surface area (TPSA) is 116 Å². The number of carbonyl (C=O) groups excluding carboxylic acids is 1. The van der Waals surface area contributed by atoms with Crippen LogP contribution in [0.3, 0.4) is 0 Å². The lowest BCUT2D eigenvalue weighted by Gasteiger charge is -2.28. The van der Waals surface area contributed by atoms with Crippen LogP contribution in [-0.4, -0.2) is 51.9 Å². The fourth-order valence-corrected chi connectivity index (χ4v) is 5.33. The van der Waals surface area contributed by atoms with E-state index in [4.69, 9.17) is 0 Å². The third-order valence-corrected chi connectivity index (χ3v) is 7.70. The number of halogens is 4. The molecule has 2 heterocycles. The summed E-state index contributed by atoms with van der Waals surface area (Å²) in [4.78, 5) is 25.2. The van der Waals surface area contributed by atoms with Crippen LogP contribution in [0.5, 0.6) is 0 Å². The summed E-state index contributed by atoms with van der Waals surface area (Å²) in [6.45, 7) is 1.37. The number of nitrogens with zero attached hydrogens (tertiary/aromatic N) is 1. The van der Waals surface area contributed by atoms with Crippen LogP contribution in [0.4, 0.5) is 13.2 Å². The van der Waals surface area contributed by atoms with E-state index in [9.17, 15) is 33.0 Å². The number of aromatic nitrogens is 1. The summed E-state index contributed by atoms with van der Waals surface area (Å²) < 4.78 is 41.5. The van der Waals surface area contributed by atoms with Gasteiger partial charge in [0.15, 0.2) is 0 Å². The maximum absolute atomic E-state index is 13.4. The lowest BCUT2D eigenvalue weighted by Crippen LogP contribution is -2.50. The van der Waals surface area contributed by atoms with Gasteiger partial charge in [-0.3, -0.25) is 4.79 Å². The molecule has 1 aromatic heterocycles. The second kappa shape index (κ2) is 12.2. The zero-order valence-electron chi connectivity index (χ0n) is 22.1. The highest BCUT2D eigenvalue weighted by Crippen LogP contribution is 2.46. The molecule has 2 atom stereocenters. The predicted octanol–water partition coefficient (Wildman–Crippen LogP) is 3.71. The summed E-state index contributed by atoms with van der Waals surface area (Å²) in [5.74, 6) is -1.63. The van der Waals surface area contributed by atoms with Crippen molar-refractivity contribution in [3.8, 4) is 0 Å². The molecule has 1 saturated carbocycles. The van der Waals surface area contributed by atoms with Crippen molar-refractivity contribution in [2.24, 2.45) is 0 Å². The quantitative estimate of drug-likeness (QED) is 0.245. The number of amides is 1. The second-order valence-electron chi connectivity index (χ2n) is 10.4. The Labute approximate surface area is 241 Å². The van der Waals surface area contributed by atoms with Gasteiger partial charge in [-0.2, -0.15) is 13.2 Å². The zero-order valence-corrected chi connectivity index (χ0v) is 22.9. The maximum Gasteiger partial charge on any atom is 0.416 e. The SMILES string of the molecule is Cl.O=C(O)c1cc(C(=O)N[C@@H](Cc2ccccc2)[C@@H](O)CNC2(c3cccc(C(F)(F)F)c3)CC2)n2c1CNCC2. The molecule has 41 heavy (non-hydrogen) atoms. The molecule has 220 valence electrons. The molecule has 2 aliphatic rings. The number of hydrogen-bond acceptors (Lipinski definition) is 5. The zero-order chi connectivity index (χ0) is 28.5. The Bertz CT molecular complexity index is 1390. The highest BCUT2D eigenvalue weighted by atomic mass is 35.5. The van der Waals surface area contributed by atoms with Crippen LogP contribution in [0.2, 0.25) is 0 Å². The van der Waals surface area contributed by atoms with Crippen LogP contribution in [0, 0.1) is 0 Å². The average Bonchev–Trinajstić information content (AvgIpc) is 3.63. The Kier molecular flexibility index (Phi) is 9.13. The van der Waals surface area contributed by atoms with Gasteiger partial charge in [0.05, 0.1) is 23.3 Å². The number of aromatic carboxylic acids is 1. The monoisotopic (exact) mass is 592 g/mol. The molecule has 8 nitrogen and oxygen atoms in total. The van der Waals surface area contributed by atoms with Gasteiger partial charge >= 0.3 is 12.1 Å². The van der Waals surface area contributed by atoms with Crippen molar-refractivity contribution in [1.82, 2.24) is 20.5 Å². The first-order valence-electron chi connectivity index (χ1n) is 13.2. The number of fused-ring (bicyclic) bond motifs is 1. The van der Waals surface area contributed by atoms with Crippen LogP contribution in [-0.2, 0) is 31.2 Å². The first-order valence-corrected chi connectivity index (χ1v) is 13.2. The number of aliphatic hydroxyl groups is 1. The van der Waals surface area contributed by atoms with Gasteiger partial charge in [0.1, 0.15) is 5.69 Å². The Morgan fingerprint density at radius 1 is 1.07 bits per heavy atom. The number of carboxylic acid groups (broad SMARTS) is 1. The number of rotatable bonds is 10. The lowest BCUT2D eigenvalue weighted by atomic mass is 9.98. The lowest BCUT2D eigenvalue weighted by molar-refractivity contribution is -0.137. The molecule has 2 aromatic carbocycles. The van der Waals surface area contributed by atoms with Crippen LogP contribution >= 0.6 is 12.4 Å². The Balaban J connectivity index is 0.00000387. The number of carboxylic acids is 1. The maximum atomic E-state index is 13.4. The number of hydrogen-bond donors (Lipinski definition) is 5. The Morgan fingerprint density at radius 2 is 1.80 bits per heavy atom. The molecule has 0 bridgehead atoms. The molecule has 1 aliphatic heterocycles. The third kappa shape index (κ3) is 6.75. The summed E-state index contributed by atoms with van der Waals surface area (Å²) in [5.41, 5.74) is 0.756. The summed E-state index contributed by atoms with van der Waals surface area (Å²) >= 11 is 0. The molecular formula is C29H32ClF3N4O4.